The summed E-state index contributed by atoms with van der Waals surface area (Å²) in [6.45, 7) is 7.17. The van der Waals surface area contributed by atoms with Gasteiger partial charge in [-0.3, -0.25) is 4.90 Å². The van der Waals surface area contributed by atoms with Crippen molar-refractivity contribution in [3.05, 3.63) is 28.8 Å². The van der Waals surface area contributed by atoms with Gasteiger partial charge in [-0.1, -0.05) is 36.9 Å². The van der Waals surface area contributed by atoms with E-state index in [-0.39, 0.29) is 6.10 Å². The van der Waals surface area contributed by atoms with Gasteiger partial charge in [-0.15, -0.1) is 0 Å². The molecule has 1 heterocycles. The van der Waals surface area contributed by atoms with E-state index in [1.807, 2.05) is 6.07 Å². The molecule has 0 radical (unpaired) electrons. The van der Waals surface area contributed by atoms with Gasteiger partial charge in [0.25, 0.3) is 0 Å². The molecule has 3 rings (SSSR count). The van der Waals surface area contributed by atoms with E-state index in [2.05, 4.69) is 28.9 Å². The van der Waals surface area contributed by atoms with Crippen molar-refractivity contribution in [1.29, 1.82) is 0 Å². The van der Waals surface area contributed by atoms with E-state index in [0.717, 1.165) is 44.0 Å². The lowest BCUT2D eigenvalue weighted by Crippen LogP contribution is -2.49. The maximum absolute atomic E-state index is 10.3. The molecule has 4 nitrogen and oxygen atoms in total. The first-order valence-corrected chi connectivity index (χ1v) is 10.0. The number of ether oxygens (including phenoxy) is 1. The first kappa shape index (κ1) is 19.0. The van der Waals surface area contributed by atoms with E-state index in [4.69, 9.17) is 16.3 Å². The fourth-order valence-corrected chi connectivity index (χ4v) is 4.09. The Bertz CT molecular complexity index is 540. The number of piperazine rings is 1. The monoisotopic (exact) mass is 366 g/mol. The number of nitrogens with zero attached hydrogens (tertiary/aromatic N) is 2. The van der Waals surface area contributed by atoms with Crippen LogP contribution in [0.4, 0.5) is 5.69 Å². The molecule has 0 spiro atoms. The van der Waals surface area contributed by atoms with Crippen LogP contribution in [-0.4, -0.2) is 61.5 Å². The molecular weight excluding hydrogens is 336 g/mol. The molecule has 0 aromatic heterocycles. The highest BCUT2D eigenvalue weighted by molar-refractivity contribution is 6.30. The van der Waals surface area contributed by atoms with E-state index in [9.17, 15) is 5.11 Å². The summed E-state index contributed by atoms with van der Waals surface area (Å²) in [7, 11) is 0. The summed E-state index contributed by atoms with van der Waals surface area (Å²) < 4.78 is 5.90. The van der Waals surface area contributed by atoms with Gasteiger partial charge in [0.2, 0.25) is 0 Å². The van der Waals surface area contributed by atoms with Crippen LogP contribution >= 0.6 is 11.6 Å². The summed E-state index contributed by atoms with van der Waals surface area (Å²) in [5.41, 5.74) is 2.49. The minimum Gasteiger partial charge on any atom is -0.389 e. The standard InChI is InChI=1S/C20H31ClN2O2/c1-16-7-8-17(21)13-20(16)23-11-9-22(10-12-23)14-18(24)15-25-19-5-3-2-4-6-19/h7-8,13,18-19,24H,2-6,9-12,14-15H2,1H3/t18-/m0/s1. The number of hydrogen-bond acceptors (Lipinski definition) is 4. The van der Waals surface area contributed by atoms with Crippen molar-refractivity contribution < 1.29 is 9.84 Å². The van der Waals surface area contributed by atoms with Crippen LogP contribution in [0.15, 0.2) is 18.2 Å². The van der Waals surface area contributed by atoms with E-state index in [0.29, 0.717) is 19.3 Å². The summed E-state index contributed by atoms with van der Waals surface area (Å²) in [6, 6.07) is 6.08. The van der Waals surface area contributed by atoms with E-state index in [1.165, 1.54) is 30.5 Å². The molecule has 1 aromatic carbocycles. The van der Waals surface area contributed by atoms with Gasteiger partial charge in [-0.25, -0.2) is 0 Å². The van der Waals surface area contributed by atoms with Crippen LogP contribution in [0, 0.1) is 6.92 Å². The first-order valence-electron chi connectivity index (χ1n) is 9.65. The van der Waals surface area contributed by atoms with Gasteiger partial charge in [-0.05, 0) is 37.5 Å². The van der Waals surface area contributed by atoms with Crippen molar-refractivity contribution in [3.8, 4) is 0 Å². The number of aryl methyl sites for hydroxylation is 1. The first-order chi connectivity index (χ1) is 12.1. The minimum atomic E-state index is -0.388. The van der Waals surface area contributed by atoms with Gasteiger partial charge in [0.15, 0.2) is 0 Å². The predicted molar refractivity (Wildman–Crippen MR) is 104 cm³/mol. The average molecular weight is 367 g/mol. The Morgan fingerprint density at radius 3 is 2.60 bits per heavy atom. The Hall–Kier alpha value is -0.810. The number of hydrogen-bond donors (Lipinski definition) is 1. The lowest BCUT2D eigenvalue weighted by Gasteiger charge is -2.37. The third-order valence-electron chi connectivity index (χ3n) is 5.43. The third-order valence-corrected chi connectivity index (χ3v) is 5.66. The topological polar surface area (TPSA) is 35.9 Å². The van der Waals surface area contributed by atoms with Gasteiger partial charge in [-0.2, -0.15) is 0 Å². The van der Waals surface area contributed by atoms with Crippen LogP contribution < -0.4 is 4.90 Å². The molecule has 1 N–H and O–H groups in total. The largest absolute Gasteiger partial charge is 0.389 e. The highest BCUT2D eigenvalue weighted by atomic mass is 35.5. The van der Waals surface area contributed by atoms with Crippen LogP contribution in [0.3, 0.4) is 0 Å². The Morgan fingerprint density at radius 1 is 1.16 bits per heavy atom. The van der Waals surface area contributed by atoms with Crippen molar-refractivity contribution in [3.63, 3.8) is 0 Å². The molecule has 1 saturated carbocycles. The van der Waals surface area contributed by atoms with E-state index >= 15 is 0 Å². The fraction of sp³-hybridized carbons (Fsp3) is 0.700. The van der Waals surface area contributed by atoms with Crippen molar-refractivity contribution in [2.45, 2.75) is 51.2 Å². The molecule has 2 aliphatic rings. The Balaban J connectivity index is 1.40. The summed E-state index contributed by atoms with van der Waals surface area (Å²) >= 11 is 6.15. The van der Waals surface area contributed by atoms with E-state index in [1.54, 1.807) is 0 Å². The molecule has 25 heavy (non-hydrogen) atoms. The molecule has 1 aromatic rings. The second-order valence-electron chi connectivity index (χ2n) is 7.47. The summed E-state index contributed by atoms with van der Waals surface area (Å²) in [5, 5.41) is 11.1. The number of halogens is 1. The maximum Gasteiger partial charge on any atom is 0.0900 e. The molecular formula is C20H31ClN2O2. The highest BCUT2D eigenvalue weighted by Crippen LogP contribution is 2.25. The molecule has 140 valence electrons. The lowest BCUT2D eigenvalue weighted by molar-refractivity contribution is -0.0336. The Kier molecular flexibility index (Phi) is 7.00. The maximum atomic E-state index is 10.3. The average Bonchev–Trinajstić information content (AvgIpc) is 2.64. The number of rotatable bonds is 6. The van der Waals surface area contributed by atoms with Crippen molar-refractivity contribution in [2.75, 3.05) is 44.2 Å². The molecule has 2 fully saturated rings. The molecule has 1 aliphatic heterocycles. The lowest BCUT2D eigenvalue weighted by atomic mass is 9.98. The molecule has 0 bridgehead atoms. The van der Waals surface area contributed by atoms with Crippen molar-refractivity contribution in [2.24, 2.45) is 0 Å². The molecule has 5 heteroatoms. The fourth-order valence-electron chi connectivity index (χ4n) is 3.92. The zero-order valence-electron chi connectivity index (χ0n) is 15.3. The predicted octanol–water partition coefficient (Wildman–Crippen LogP) is 3.48. The molecule has 1 atom stereocenters. The summed E-state index contributed by atoms with van der Waals surface area (Å²) in [4.78, 5) is 4.73. The van der Waals surface area contributed by atoms with Gasteiger partial charge in [0.05, 0.1) is 18.8 Å². The molecule has 0 unspecified atom stereocenters. The van der Waals surface area contributed by atoms with Crippen LogP contribution in [0.25, 0.3) is 0 Å². The number of anilines is 1. The second kappa shape index (κ2) is 9.22. The van der Waals surface area contributed by atoms with Crippen LogP contribution in [-0.2, 0) is 4.74 Å². The van der Waals surface area contributed by atoms with Gasteiger partial charge in [0.1, 0.15) is 0 Å². The normalized spacial score (nSPS) is 21.5. The Labute approximate surface area is 156 Å². The quantitative estimate of drug-likeness (QED) is 0.836. The van der Waals surface area contributed by atoms with Crippen LogP contribution in [0.2, 0.25) is 5.02 Å². The number of aliphatic hydroxyl groups excluding tert-OH is 1. The molecule has 1 saturated heterocycles. The zero-order chi connectivity index (χ0) is 17.6. The summed E-state index contributed by atoms with van der Waals surface area (Å²) in [5.74, 6) is 0. The third kappa shape index (κ3) is 5.58. The number of aliphatic hydroxyl groups is 1. The van der Waals surface area contributed by atoms with Gasteiger partial charge >= 0.3 is 0 Å². The van der Waals surface area contributed by atoms with Crippen LogP contribution in [0.1, 0.15) is 37.7 Å². The van der Waals surface area contributed by atoms with Gasteiger partial charge < -0.3 is 14.7 Å². The minimum absolute atomic E-state index is 0.367. The van der Waals surface area contributed by atoms with Crippen molar-refractivity contribution in [1.82, 2.24) is 4.90 Å². The second-order valence-corrected chi connectivity index (χ2v) is 7.90. The SMILES string of the molecule is Cc1ccc(Cl)cc1N1CCN(C[C@H](O)COC2CCCCC2)CC1. The molecule has 0 amide bonds. The summed E-state index contributed by atoms with van der Waals surface area (Å²) in [6.07, 6.45) is 6.16. The Morgan fingerprint density at radius 2 is 1.88 bits per heavy atom. The highest BCUT2D eigenvalue weighted by Gasteiger charge is 2.22. The van der Waals surface area contributed by atoms with Gasteiger partial charge in [0, 0.05) is 43.4 Å². The number of benzene rings is 1. The van der Waals surface area contributed by atoms with Crippen LogP contribution in [0.5, 0.6) is 0 Å². The zero-order valence-corrected chi connectivity index (χ0v) is 16.0. The molecule has 1 aliphatic carbocycles. The van der Waals surface area contributed by atoms with Crippen molar-refractivity contribution >= 4 is 17.3 Å². The number of β-amino-alcohol motifs (C(OH)–C–C–N with tert-alkyl or cyclic N) is 1. The van der Waals surface area contributed by atoms with E-state index < -0.39 is 0 Å². The smallest absolute Gasteiger partial charge is 0.0900 e.